The van der Waals surface area contributed by atoms with Gasteiger partial charge in [0.15, 0.2) is 0 Å². The first-order valence-corrected chi connectivity index (χ1v) is 7.29. The first-order chi connectivity index (χ1) is 10.7. The largest absolute Gasteiger partial charge is 0.301 e. The van der Waals surface area contributed by atoms with E-state index in [-0.39, 0.29) is 11.0 Å². The fraction of sp³-hybridized carbons (Fsp3) is 0.222. The number of nitrogens with zero attached hydrogens (tertiary/aromatic N) is 1. The van der Waals surface area contributed by atoms with Gasteiger partial charge in [-0.1, -0.05) is 66.7 Å². The van der Waals surface area contributed by atoms with Gasteiger partial charge in [0.25, 0.3) is 0 Å². The van der Waals surface area contributed by atoms with Crippen molar-refractivity contribution in [2.75, 3.05) is 6.54 Å². The minimum atomic E-state index is -0.732. The van der Waals surface area contributed by atoms with Gasteiger partial charge < -0.3 is 5.32 Å². The summed E-state index contributed by atoms with van der Waals surface area (Å²) in [5, 5.41) is 14.8. The minimum absolute atomic E-state index is 0.194. The van der Waals surface area contributed by atoms with E-state index in [2.05, 4.69) is 11.9 Å². The number of benzene rings is 2. The first-order valence-electron chi connectivity index (χ1n) is 7.29. The number of rotatable bonds is 8. The van der Waals surface area contributed by atoms with E-state index in [9.17, 15) is 10.1 Å². The zero-order chi connectivity index (χ0) is 15.8. The van der Waals surface area contributed by atoms with Crippen molar-refractivity contribution >= 4 is 0 Å². The average Bonchev–Trinajstić information content (AvgIpc) is 2.56. The summed E-state index contributed by atoms with van der Waals surface area (Å²) in [6.45, 7) is 4.21. The Hall–Kier alpha value is -2.46. The average molecular weight is 296 g/mol. The van der Waals surface area contributed by atoms with E-state index in [0.29, 0.717) is 13.0 Å². The molecule has 2 rings (SSSR count). The van der Waals surface area contributed by atoms with Gasteiger partial charge in [-0.25, -0.2) is 0 Å². The Labute approximate surface area is 130 Å². The van der Waals surface area contributed by atoms with Crippen molar-refractivity contribution < 1.29 is 4.92 Å². The number of hydrogen-bond acceptors (Lipinski definition) is 3. The normalized spacial score (nSPS) is 13.3. The molecule has 0 spiro atoms. The van der Waals surface area contributed by atoms with Crippen molar-refractivity contribution in [1.29, 1.82) is 0 Å². The number of nitrogens with one attached hydrogen (secondary N) is 1. The van der Waals surface area contributed by atoms with Crippen LogP contribution in [0.4, 0.5) is 0 Å². The second-order valence-electron chi connectivity index (χ2n) is 5.13. The van der Waals surface area contributed by atoms with Crippen LogP contribution in [0, 0.1) is 10.1 Å². The highest BCUT2D eigenvalue weighted by atomic mass is 16.6. The van der Waals surface area contributed by atoms with E-state index >= 15 is 0 Å². The molecule has 0 bridgehead atoms. The molecule has 0 heterocycles. The van der Waals surface area contributed by atoms with Crippen molar-refractivity contribution in [2.45, 2.75) is 18.5 Å². The molecule has 0 aliphatic carbocycles. The van der Waals surface area contributed by atoms with Gasteiger partial charge in [-0.05, 0) is 11.1 Å². The van der Waals surface area contributed by atoms with Gasteiger partial charge >= 0.3 is 0 Å². The molecule has 4 nitrogen and oxygen atoms in total. The molecule has 0 unspecified atom stereocenters. The Balaban J connectivity index is 2.28. The summed E-state index contributed by atoms with van der Waals surface area (Å²) in [6, 6.07) is 18.0. The van der Waals surface area contributed by atoms with Gasteiger partial charge in [0.2, 0.25) is 6.04 Å². The highest BCUT2D eigenvalue weighted by Crippen LogP contribution is 2.22. The highest BCUT2D eigenvalue weighted by Gasteiger charge is 2.32. The van der Waals surface area contributed by atoms with Gasteiger partial charge in [-0.3, -0.25) is 10.1 Å². The number of hydrogen-bond donors (Lipinski definition) is 1. The highest BCUT2D eigenvalue weighted by molar-refractivity contribution is 5.22. The fourth-order valence-electron chi connectivity index (χ4n) is 2.52. The van der Waals surface area contributed by atoms with Gasteiger partial charge in [-0.15, -0.1) is 6.58 Å². The Morgan fingerprint density at radius 2 is 1.68 bits per heavy atom. The second-order valence-corrected chi connectivity index (χ2v) is 5.13. The van der Waals surface area contributed by atoms with Crippen LogP contribution in [0.1, 0.15) is 17.2 Å². The van der Waals surface area contributed by atoms with Crippen molar-refractivity contribution in [1.82, 2.24) is 5.32 Å². The third-order valence-electron chi connectivity index (χ3n) is 3.58. The van der Waals surface area contributed by atoms with Crippen LogP contribution in [0.25, 0.3) is 0 Å². The molecule has 0 aliphatic heterocycles. The van der Waals surface area contributed by atoms with Crippen LogP contribution in [0.5, 0.6) is 0 Å². The van der Waals surface area contributed by atoms with Crippen LogP contribution >= 0.6 is 0 Å². The monoisotopic (exact) mass is 296 g/mol. The lowest BCUT2D eigenvalue weighted by atomic mass is 9.94. The Morgan fingerprint density at radius 1 is 1.09 bits per heavy atom. The minimum Gasteiger partial charge on any atom is -0.301 e. The maximum atomic E-state index is 11.6. The van der Waals surface area contributed by atoms with Crippen LogP contribution in [0.2, 0.25) is 0 Å². The molecule has 2 aromatic carbocycles. The van der Waals surface area contributed by atoms with Crippen LogP contribution in [0.15, 0.2) is 73.3 Å². The molecule has 0 aliphatic rings. The molecule has 114 valence electrons. The van der Waals surface area contributed by atoms with Crippen molar-refractivity contribution in [3.8, 4) is 0 Å². The number of nitro groups is 1. The summed E-state index contributed by atoms with van der Waals surface area (Å²) in [5.74, 6) is 0. The maximum Gasteiger partial charge on any atom is 0.236 e. The van der Waals surface area contributed by atoms with E-state index < -0.39 is 6.04 Å². The summed E-state index contributed by atoms with van der Waals surface area (Å²) in [5.41, 5.74) is 1.88. The second kappa shape index (κ2) is 8.10. The molecule has 4 heteroatoms. The van der Waals surface area contributed by atoms with E-state index in [1.807, 2.05) is 60.7 Å². The van der Waals surface area contributed by atoms with Gasteiger partial charge in [-0.2, -0.15) is 0 Å². The molecule has 0 fully saturated rings. The van der Waals surface area contributed by atoms with E-state index in [0.717, 1.165) is 11.1 Å². The first kappa shape index (κ1) is 15.9. The van der Waals surface area contributed by atoms with Crippen LogP contribution in [-0.4, -0.2) is 17.5 Å². The summed E-state index contributed by atoms with van der Waals surface area (Å²) < 4.78 is 0. The lowest BCUT2D eigenvalue weighted by Gasteiger charge is -2.22. The topological polar surface area (TPSA) is 55.2 Å². The van der Waals surface area contributed by atoms with Gasteiger partial charge in [0.05, 0.1) is 0 Å². The van der Waals surface area contributed by atoms with Crippen molar-refractivity contribution in [3.63, 3.8) is 0 Å². The summed E-state index contributed by atoms with van der Waals surface area (Å²) >= 11 is 0. The van der Waals surface area contributed by atoms with Crippen LogP contribution < -0.4 is 5.32 Å². The lowest BCUT2D eigenvalue weighted by Crippen LogP contribution is -2.38. The molecule has 0 saturated carbocycles. The van der Waals surface area contributed by atoms with Crippen molar-refractivity contribution in [2.24, 2.45) is 0 Å². The SMILES string of the molecule is C=CCN[C@@H](c1ccccc1)[C@@H](Cc1ccccc1)[N+](=O)[O-]. The Kier molecular flexibility index (Phi) is 5.86. The molecule has 0 amide bonds. The molecule has 0 aromatic heterocycles. The molecular formula is C18H20N2O2. The Morgan fingerprint density at radius 3 is 2.23 bits per heavy atom. The zero-order valence-electron chi connectivity index (χ0n) is 12.4. The lowest BCUT2D eigenvalue weighted by molar-refractivity contribution is -0.527. The van der Waals surface area contributed by atoms with Crippen LogP contribution in [-0.2, 0) is 6.42 Å². The third-order valence-corrected chi connectivity index (χ3v) is 3.58. The van der Waals surface area contributed by atoms with Gasteiger partial charge in [0.1, 0.15) is 6.04 Å². The summed E-state index contributed by atoms with van der Waals surface area (Å²) in [4.78, 5) is 11.4. The maximum absolute atomic E-state index is 11.6. The van der Waals surface area contributed by atoms with Crippen molar-refractivity contribution in [3.05, 3.63) is 94.6 Å². The van der Waals surface area contributed by atoms with E-state index in [1.165, 1.54) is 0 Å². The predicted molar refractivity (Wildman–Crippen MR) is 88.3 cm³/mol. The standard InChI is InChI=1S/C18H20N2O2/c1-2-13-19-18(16-11-7-4-8-12-16)17(20(21)22)14-15-9-5-3-6-10-15/h2-12,17-19H,1,13-14H2/t17-,18+/m1/s1. The fourth-order valence-corrected chi connectivity index (χ4v) is 2.52. The summed E-state index contributed by atoms with van der Waals surface area (Å²) in [7, 11) is 0. The Bertz CT molecular complexity index is 599. The molecular weight excluding hydrogens is 276 g/mol. The molecule has 1 N–H and O–H groups in total. The van der Waals surface area contributed by atoms with E-state index in [4.69, 9.17) is 0 Å². The third kappa shape index (κ3) is 4.27. The molecule has 0 radical (unpaired) electrons. The predicted octanol–water partition coefficient (Wildman–Crippen LogP) is 3.39. The smallest absolute Gasteiger partial charge is 0.236 e. The quantitative estimate of drug-likeness (QED) is 0.461. The van der Waals surface area contributed by atoms with Crippen LogP contribution in [0.3, 0.4) is 0 Å². The summed E-state index contributed by atoms with van der Waals surface area (Å²) in [6.07, 6.45) is 2.10. The van der Waals surface area contributed by atoms with Gasteiger partial charge in [0, 0.05) is 17.9 Å². The zero-order valence-corrected chi connectivity index (χ0v) is 12.4. The van der Waals surface area contributed by atoms with E-state index in [1.54, 1.807) is 6.08 Å². The molecule has 2 aromatic rings. The molecule has 22 heavy (non-hydrogen) atoms. The molecule has 0 saturated heterocycles. The molecule has 2 atom stereocenters.